The third kappa shape index (κ3) is 9.84. The van der Waals surface area contributed by atoms with Gasteiger partial charge in [0.15, 0.2) is 0 Å². The molecule has 0 radical (unpaired) electrons. The molecule has 0 amide bonds. The van der Waals surface area contributed by atoms with Gasteiger partial charge in [-0.15, -0.1) is 0 Å². The van der Waals surface area contributed by atoms with E-state index in [1.807, 2.05) is 0 Å². The summed E-state index contributed by atoms with van der Waals surface area (Å²) in [7, 11) is 0. The van der Waals surface area contributed by atoms with Gasteiger partial charge in [0.25, 0.3) is 5.97 Å². The highest BCUT2D eigenvalue weighted by molar-refractivity contribution is 4.52. The third-order valence-electron chi connectivity index (χ3n) is 1.57. The van der Waals surface area contributed by atoms with Crippen LogP contribution in [0.25, 0.3) is 0 Å². The molecule has 0 aromatic carbocycles. The Morgan fingerprint density at radius 1 is 1.08 bits per heavy atom. The molecule has 0 saturated carbocycles. The van der Waals surface area contributed by atoms with Gasteiger partial charge in [-0.1, -0.05) is 13.3 Å². The quantitative estimate of drug-likeness (QED) is 0.321. The van der Waals surface area contributed by atoms with Crippen LogP contribution in [0.15, 0.2) is 0 Å². The predicted octanol–water partition coefficient (Wildman–Crippen LogP) is -0.213. The largest absolute Gasteiger partial charge is 0.344 e. The summed E-state index contributed by atoms with van der Waals surface area (Å²) in [6.45, 7) is 3.77. The molecule has 12 heavy (non-hydrogen) atoms. The van der Waals surface area contributed by atoms with E-state index in [1.54, 1.807) is 0 Å². The second kappa shape index (κ2) is 6.37. The molecule has 0 aliphatic heterocycles. The molecule has 0 bridgehead atoms. The maximum Gasteiger partial charge on any atom is 0.275 e. The van der Waals surface area contributed by atoms with Gasteiger partial charge in [0.05, 0.1) is 0 Å². The number of nitrogens with one attached hydrogen (secondary N) is 1. The van der Waals surface area contributed by atoms with E-state index < -0.39 is 5.97 Å². The lowest BCUT2D eigenvalue weighted by molar-refractivity contribution is -0.314. The molecular weight excluding hydrogens is 158 g/mol. The van der Waals surface area contributed by atoms with Crippen molar-refractivity contribution in [3.63, 3.8) is 0 Å². The van der Waals surface area contributed by atoms with Crippen LogP contribution in [0, 0.1) is 0 Å². The zero-order valence-electron chi connectivity index (χ0n) is 7.58. The highest BCUT2D eigenvalue weighted by Gasteiger charge is 2.16. The molecule has 0 atom stereocenters. The summed E-state index contributed by atoms with van der Waals surface area (Å²) in [6.07, 6.45) is 2.83. The van der Waals surface area contributed by atoms with Crippen LogP contribution >= 0.6 is 0 Å². The van der Waals surface area contributed by atoms with Crippen molar-refractivity contribution >= 4 is 0 Å². The van der Waals surface area contributed by atoms with Crippen LogP contribution in [0.5, 0.6) is 0 Å². The van der Waals surface area contributed by atoms with Crippen molar-refractivity contribution in [1.82, 2.24) is 5.32 Å². The molecule has 0 rings (SSSR count). The second-order valence-electron chi connectivity index (χ2n) is 2.98. The van der Waals surface area contributed by atoms with E-state index in [2.05, 4.69) is 12.2 Å². The Balaban J connectivity index is 3.01. The van der Waals surface area contributed by atoms with Gasteiger partial charge in [0.2, 0.25) is 0 Å². The van der Waals surface area contributed by atoms with Crippen LogP contribution in [0.3, 0.4) is 0 Å². The Morgan fingerprint density at radius 3 is 2.17 bits per heavy atom. The fraction of sp³-hybridized carbons (Fsp3) is 1.00. The minimum Gasteiger partial charge on any atom is -0.344 e. The molecule has 0 saturated heterocycles. The third-order valence-corrected chi connectivity index (χ3v) is 1.57. The van der Waals surface area contributed by atoms with Gasteiger partial charge in [0, 0.05) is 6.42 Å². The maximum atomic E-state index is 8.50. The number of rotatable bonds is 7. The normalized spacial score (nSPS) is 12.0. The zero-order valence-corrected chi connectivity index (χ0v) is 7.58. The van der Waals surface area contributed by atoms with E-state index in [4.69, 9.17) is 15.3 Å². The Bertz CT molecular complexity index is 101. The Kier molecular flexibility index (Phi) is 6.28. The number of unbranched alkanes of at least 4 members (excludes halogenated alkanes) is 1. The Labute approximate surface area is 73.2 Å². The highest BCUT2D eigenvalue weighted by atomic mass is 16.7. The van der Waals surface area contributed by atoms with Crippen molar-refractivity contribution in [2.24, 2.45) is 0 Å². The molecule has 0 spiro atoms. The Morgan fingerprint density at radius 2 is 1.67 bits per heavy atom. The smallest absolute Gasteiger partial charge is 0.275 e. The van der Waals surface area contributed by atoms with Gasteiger partial charge < -0.3 is 20.6 Å². The first kappa shape index (κ1) is 11.8. The standard InChI is InChI=1S/C8H19NO3/c1-2-3-6-9-7-4-5-8(10,11)12/h9-12H,2-7H2,1H3. The SMILES string of the molecule is CCCCNCCCC(O)(O)O. The summed E-state index contributed by atoms with van der Waals surface area (Å²) in [5.74, 6) is -2.49. The minimum atomic E-state index is -2.49. The topological polar surface area (TPSA) is 72.7 Å². The van der Waals surface area contributed by atoms with Gasteiger partial charge in [-0.25, -0.2) is 0 Å². The second-order valence-corrected chi connectivity index (χ2v) is 2.98. The van der Waals surface area contributed by atoms with Crippen LogP contribution in [0.2, 0.25) is 0 Å². The highest BCUT2D eigenvalue weighted by Crippen LogP contribution is 2.02. The molecule has 74 valence electrons. The van der Waals surface area contributed by atoms with Gasteiger partial charge in [-0.05, 0) is 25.9 Å². The van der Waals surface area contributed by atoms with E-state index >= 15 is 0 Å². The average molecular weight is 177 g/mol. The van der Waals surface area contributed by atoms with Crippen molar-refractivity contribution in [2.45, 2.75) is 38.6 Å². The van der Waals surface area contributed by atoms with Crippen LogP contribution in [-0.2, 0) is 0 Å². The predicted molar refractivity (Wildman–Crippen MR) is 46.4 cm³/mol. The lowest BCUT2D eigenvalue weighted by atomic mass is 10.2. The Hall–Kier alpha value is -0.160. The van der Waals surface area contributed by atoms with E-state index in [0.717, 1.165) is 19.4 Å². The van der Waals surface area contributed by atoms with E-state index in [1.165, 1.54) is 0 Å². The molecule has 0 aromatic heterocycles. The van der Waals surface area contributed by atoms with Crippen molar-refractivity contribution in [3.8, 4) is 0 Å². The van der Waals surface area contributed by atoms with Crippen LogP contribution < -0.4 is 5.32 Å². The molecule has 0 aliphatic carbocycles. The van der Waals surface area contributed by atoms with E-state index in [0.29, 0.717) is 13.0 Å². The molecule has 4 N–H and O–H groups in total. The summed E-state index contributed by atoms with van der Waals surface area (Å²) in [5.41, 5.74) is 0. The summed E-state index contributed by atoms with van der Waals surface area (Å²) >= 11 is 0. The molecular formula is C8H19NO3. The lowest BCUT2D eigenvalue weighted by Gasteiger charge is -2.13. The monoisotopic (exact) mass is 177 g/mol. The first-order chi connectivity index (χ1) is 5.56. The number of hydrogen-bond acceptors (Lipinski definition) is 4. The molecule has 0 fully saturated rings. The van der Waals surface area contributed by atoms with Crippen molar-refractivity contribution in [3.05, 3.63) is 0 Å². The minimum absolute atomic E-state index is 0.00781. The molecule has 0 unspecified atom stereocenters. The van der Waals surface area contributed by atoms with Crippen LogP contribution in [0.1, 0.15) is 32.6 Å². The molecule has 0 aromatic rings. The van der Waals surface area contributed by atoms with Crippen LogP contribution in [-0.4, -0.2) is 34.4 Å². The van der Waals surface area contributed by atoms with Gasteiger partial charge in [0.1, 0.15) is 0 Å². The average Bonchev–Trinajstić information content (AvgIpc) is 1.94. The first-order valence-electron chi connectivity index (χ1n) is 4.44. The fourth-order valence-electron chi connectivity index (χ4n) is 0.877. The number of hydrogen-bond donors (Lipinski definition) is 4. The van der Waals surface area contributed by atoms with E-state index in [-0.39, 0.29) is 6.42 Å². The summed E-state index contributed by atoms with van der Waals surface area (Å²) in [4.78, 5) is 0. The first-order valence-corrected chi connectivity index (χ1v) is 4.44. The fourth-order valence-corrected chi connectivity index (χ4v) is 0.877. The lowest BCUT2D eigenvalue weighted by Crippen LogP contribution is -2.28. The summed E-state index contributed by atoms with van der Waals surface area (Å²) in [6, 6.07) is 0. The molecule has 0 aliphatic rings. The van der Waals surface area contributed by atoms with Gasteiger partial charge in [-0.2, -0.15) is 0 Å². The van der Waals surface area contributed by atoms with Crippen LogP contribution in [0.4, 0.5) is 0 Å². The molecule has 0 heterocycles. The van der Waals surface area contributed by atoms with Crippen molar-refractivity contribution < 1.29 is 15.3 Å². The summed E-state index contributed by atoms with van der Waals surface area (Å²) < 4.78 is 0. The van der Waals surface area contributed by atoms with Gasteiger partial charge >= 0.3 is 0 Å². The maximum absolute atomic E-state index is 8.50. The van der Waals surface area contributed by atoms with E-state index in [9.17, 15) is 0 Å². The molecule has 4 nitrogen and oxygen atoms in total. The zero-order chi connectivity index (χ0) is 9.45. The van der Waals surface area contributed by atoms with Gasteiger partial charge in [-0.3, -0.25) is 0 Å². The van der Waals surface area contributed by atoms with Crippen molar-refractivity contribution in [2.75, 3.05) is 13.1 Å². The molecule has 4 heteroatoms. The van der Waals surface area contributed by atoms with Crippen molar-refractivity contribution in [1.29, 1.82) is 0 Å². The number of aliphatic hydroxyl groups is 3. The summed E-state index contributed by atoms with van der Waals surface area (Å²) in [5, 5.41) is 28.6.